The van der Waals surface area contributed by atoms with E-state index in [2.05, 4.69) is 10.2 Å². The lowest BCUT2D eigenvalue weighted by Crippen LogP contribution is -2.36. The molecule has 1 saturated heterocycles. The second-order valence-electron chi connectivity index (χ2n) is 6.81. The minimum absolute atomic E-state index is 0.0152. The molecule has 2 aliphatic rings. The van der Waals surface area contributed by atoms with E-state index >= 15 is 0 Å². The quantitative estimate of drug-likeness (QED) is 0.720. The Morgan fingerprint density at radius 2 is 1.97 bits per heavy atom. The molecule has 2 heterocycles. The first-order chi connectivity index (χ1) is 13.6. The van der Waals surface area contributed by atoms with Gasteiger partial charge in [-0.2, -0.15) is 13.2 Å². The summed E-state index contributed by atoms with van der Waals surface area (Å²) in [5, 5.41) is 17.7. The predicted octanol–water partition coefficient (Wildman–Crippen LogP) is 3.90. The van der Waals surface area contributed by atoms with E-state index in [0.717, 1.165) is 17.4 Å². The number of aromatic nitrogens is 2. The van der Waals surface area contributed by atoms with Crippen molar-refractivity contribution in [1.29, 1.82) is 0 Å². The SMILES string of the molecule is CCN1C(=O)N(Cc2nnc(-c3cc(C(F)(F)F)cc(O)c3Cl)s2)C2(CC2)C1=O. The van der Waals surface area contributed by atoms with Gasteiger partial charge >= 0.3 is 12.2 Å². The highest BCUT2D eigenvalue weighted by atomic mass is 35.5. The topological polar surface area (TPSA) is 86.6 Å². The van der Waals surface area contributed by atoms with Gasteiger partial charge in [0.1, 0.15) is 21.3 Å². The minimum atomic E-state index is -4.67. The van der Waals surface area contributed by atoms with Crippen LogP contribution >= 0.6 is 22.9 Å². The number of urea groups is 1. The number of hydrogen-bond acceptors (Lipinski definition) is 6. The first-order valence-electron chi connectivity index (χ1n) is 8.64. The van der Waals surface area contributed by atoms with Gasteiger partial charge in [-0.25, -0.2) is 4.79 Å². The van der Waals surface area contributed by atoms with Gasteiger partial charge in [-0.3, -0.25) is 9.69 Å². The maximum absolute atomic E-state index is 13.0. The van der Waals surface area contributed by atoms with Gasteiger partial charge in [-0.05, 0) is 31.9 Å². The number of amides is 3. The van der Waals surface area contributed by atoms with Crippen molar-refractivity contribution in [3.05, 3.63) is 27.7 Å². The number of hydrogen-bond donors (Lipinski definition) is 1. The summed E-state index contributed by atoms with van der Waals surface area (Å²) >= 11 is 6.92. The van der Waals surface area contributed by atoms with Crippen LogP contribution in [0.2, 0.25) is 5.02 Å². The van der Waals surface area contributed by atoms with E-state index in [4.69, 9.17) is 11.6 Å². The van der Waals surface area contributed by atoms with Crippen molar-refractivity contribution in [2.75, 3.05) is 6.54 Å². The van der Waals surface area contributed by atoms with Crippen LogP contribution < -0.4 is 0 Å². The molecule has 1 spiro atoms. The normalized spacial score (nSPS) is 18.2. The Kier molecular flexibility index (Phi) is 4.50. The van der Waals surface area contributed by atoms with Crippen LogP contribution in [0.15, 0.2) is 12.1 Å². The summed E-state index contributed by atoms with van der Waals surface area (Å²) in [5.74, 6) is -0.954. The maximum atomic E-state index is 13.0. The lowest BCUT2D eigenvalue weighted by atomic mass is 10.1. The summed E-state index contributed by atoms with van der Waals surface area (Å²) in [6.45, 7) is 1.98. The Hall–Kier alpha value is -2.40. The summed E-state index contributed by atoms with van der Waals surface area (Å²) in [6.07, 6.45) is -3.55. The van der Waals surface area contributed by atoms with E-state index in [0.29, 0.717) is 23.9 Å². The number of benzene rings is 1. The van der Waals surface area contributed by atoms with E-state index in [1.807, 2.05) is 0 Å². The van der Waals surface area contributed by atoms with E-state index in [1.165, 1.54) is 9.80 Å². The van der Waals surface area contributed by atoms with Crippen LogP contribution in [-0.2, 0) is 17.5 Å². The number of phenols is 1. The average Bonchev–Trinajstić information content (AvgIpc) is 3.28. The van der Waals surface area contributed by atoms with Gasteiger partial charge in [0.05, 0.1) is 17.1 Å². The summed E-state index contributed by atoms with van der Waals surface area (Å²) in [7, 11) is 0. The fraction of sp³-hybridized carbons (Fsp3) is 0.412. The van der Waals surface area contributed by atoms with E-state index in [1.54, 1.807) is 6.92 Å². The second-order valence-corrected chi connectivity index (χ2v) is 8.25. The van der Waals surface area contributed by atoms with Crippen molar-refractivity contribution < 1.29 is 27.9 Å². The number of alkyl halides is 3. The molecule has 1 aliphatic carbocycles. The first-order valence-corrected chi connectivity index (χ1v) is 9.84. The molecular weight excluding hydrogens is 433 g/mol. The molecule has 4 rings (SSSR count). The number of likely N-dealkylation sites (N-methyl/N-ethyl adjacent to an activating group) is 1. The van der Waals surface area contributed by atoms with Gasteiger partial charge in [0.2, 0.25) is 0 Å². The van der Waals surface area contributed by atoms with Crippen molar-refractivity contribution in [3.63, 3.8) is 0 Å². The number of phenolic OH excluding ortho intramolecular Hbond substituents is 1. The Balaban J connectivity index is 1.64. The lowest BCUT2D eigenvalue weighted by molar-refractivity contribution is -0.137. The second kappa shape index (κ2) is 6.56. The Bertz CT molecular complexity index is 1020. The van der Waals surface area contributed by atoms with Gasteiger partial charge in [0.15, 0.2) is 0 Å². The number of rotatable bonds is 4. The van der Waals surface area contributed by atoms with Crippen LogP contribution in [0.4, 0.5) is 18.0 Å². The monoisotopic (exact) mass is 446 g/mol. The molecule has 1 aliphatic heterocycles. The highest BCUT2D eigenvalue weighted by Gasteiger charge is 2.64. The Labute approximate surface area is 171 Å². The first kappa shape index (κ1) is 19.9. The van der Waals surface area contributed by atoms with E-state index in [9.17, 15) is 27.9 Å². The predicted molar refractivity (Wildman–Crippen MR) is 97.3 cm³/mol. The number of imide groups is 1. The van der Waals surface area contributed by atoms with Gasteiger partial charge in [-0.1, -0.05) is 22.9 Å². The minimum Gasteiger partial charge on any atom is -0.506 e. The molecule has 7 nitrogen and oxygen atoms in total. The summed E-state index contributed by atoms with van der Waals surface area (Å²) < 4.78 is 39.1. The molecule has 29 heavy (non-hydrogen) atoms. The Morgan fingerprint density at radius 1 is 1.28 bits per heavy atom. The smallest absolute Gasteiger partial charge is 0.416 e. The van der Waals surface area contributed by atoms with Crippen LogP contribution in [0.5, 0.6) is 5.75 Å². The number of nitrogens with zero attached hydrogens (tertiary/aromatic N) is 4. The van der Waals surface area contributed by atoms with Crippen LogP contribution in [0.3, 0.4) is 0 Å². The molecule has 0 bridgehead atoms. The van der Waals surface area contributed by atoms with Crippen molar-refractivity contribution in [1.82, 2.24) is 20.0 Å². The molecular formula is C17H14ClF3N4O3S. The molecule has 1 N–H and O–H groups in total. The molecule has 0 unspecified atom stereocenters. The van der Waals surface area contributed by atoms with Crippen molar-refractivity contribution in [3.8, 4) is 16.3 Å². The third-order valence-corrected chi connectivity index (χ3v) is 6.37. The molecule has 0 atom stereocenters. The van der Waals surface area contributed by atoms with Crippen molar-refractivity contribution in [2.45, 2.75) is 38.0 Å². The van der Waals surface area contributed by atoms with Crippen molar-refractivity contribution in [2.24, 2.45) is 0 Å². The largest absolute Gasteiger partial charge is 0.506 e. The fourth-order valence-corrected chi connectivity index (χ4v) is 4.48. The summed E-state index contributed by atoms with van der Waals surface area (Å²) in [4.78, 5) is 27.6. The number of halogens is 4. The zero-order valence-electron chi connectivity index (χ0n) is 15.0. The maximum Gasteiger partial charge on any atom is 0.416 e. The van der Waals surface area contributed by atoms with E-state index < -0.39 is 29.1 Å². The zero-order valence-corrected chi connectivity index (χ0v) is 16.5. The van der Waals surface area contributed by atoms with Gasteiger partial charge < -0.3 is 10.0 Å². The van der Waals surface area contributed by atoms with E-state index in [-0.39, 0.29) is 34.6 Å². The van der Waals surface area contributed by atoms with Gasteiger partial charge in [0.25, 0.3) is 5.91 Å². The number of carbonyl (C=O) groups is 2. The molecule has 154 valence electrons. The summed E-state index contributed by atoms with van der Waals surface area (Å²) in [6, 6.07) is 0.915. The molecule has 2 fully saturated rings. The van der Waals surface area contributed by atoms with Crippen LogP contribution in [-0.4, -0.2) is 49.1 Å². The van der Waals surface area contributed by atoms with Crippen molar-refractivity contribution >= 4 is 34.9 Å². The number of aromatic hydroxyl groups is 1. The highest BCUT2D eigenvalue weighted by molar-refractivity contribution is 7.14. The molecule has 1 aromatic carbocycles. The highest BCUT2D eigenvalue weighted by Crippen LogP contribution is 2.49. The summed E-state index contributed by atoms with van der Waals surface area (Å²) in [5.41, 5.74) is -2.02. The zero-order chi connectivity index (χ0) is 21.1. The molecule has 2 aromatic rings. The molecule has 12 heteroatoms. The number of carbonyl (C=O) groups excluding carboxylic acids is 2. The van der Waals surface area contributed by atoms with Gasteiger partial charge in [-0.15, -0.1) is 10.2 Å². The van der Waals surface area contributed by atoms with Gasteiger partial charge in [0, 0.05) is 12.1 Å². The third-order valence-electron chi connectivity index (χ3n) is 5.03. The third kappa shape index (κ3) is 3.12. The average molecular weight is 447 g/mol. The molecule has 1 aromatic heterocycles. The fourth-order valence-electron chi connectivity index (χ4n) is 3.37. The molecule has 1 saturated carbocycles. The van der Waals surface area contributed by atoms with Crippen LogP contribution in [0, 0.1) is 0 Å². The Morgan fingerprint density at radius 3 is 2.55 bits per heavy atom. The van der Waals surface area contributed by atoms with Crippen LogP contribution in [0.1, 0.15) is 30.3 Å². The van der Waals surface area contributed by atoms with Crippen LogP contribution in [0.25, 0.3) is 10.6 Å². The molecule has 3 amide bonds. The molecule has 0 radical (unpaired) electrons. The lowest BCUT2D eigenvalue weighted by Gasteiger charge is -2.19. The standard InChI is InChI=1S/C17H14ClF3N4O3S/c1-2-24-14(27)16(3-4-16)25(15(24)28)7-11-22-23-13(29-11)9-5-8(17(19,20)21)6-10(26)12(9)18/h5-6,26H,2-4,7H2,1H3.